The predicted octanol–water partition coefficient (Wildman–Crippen LogP) is 3.70. The molecule has 0 radical (unpaired) electrons. The molecule has 9 nitrogen and oxygen atoms in total. The molecule has 2 heterocycles. The summed E-state index contributed by atoms with van der Waals surface area (Å²) >= 11 is 6.12. The summed E-state index contributed by atoms with van der Waals surface area (Å²) in [4.78, 5) is 39.5. The molecule has 2 fully saturated rings. The lowest BCUT2D eigenvalue weighted by Crippen LogP contribution is -2.49. The van der Waals surface area contributed by atoms with Gasteiger partial charge in [0.05, 0.1) is 0 Å². The highest BCUT2D eigenvalue weighted by molar-refractivity contribution is 6.31. The van der Waals surface area contributed by atoms with Crippen molar-refractivity contribution in [3.8, 4) is 0 Å². The maximum Gasteiger partial charge on any atom is 0.255 e. The second kappa shape index (κ2) is 12.5. The molecule has 1 saturated carbocycles. The quantitative estimate of drug-likeness (QED) is 0.413. The lowest BCUT2D eigenvalue weighted by atomic mass is 9.91. The third kappa shape index (κ3) is 6.92. The average Bonchev–Trinajstić information content (AvgIpc) is 2.96. The van der Waals surface area contributed by atoms with Crippen molar-refractivity contribution in [2.45, 2.75) is 44.3 Å². The summed E-state index contributed by atoms with van der Waals surface area (Å²) in [6.07, 6.45) is 7.45. The third-order valence-corrected chi connectivity index (χ3v) is 7.68. The first kappa shape index (κ1) is 27.1. The van der Waals surface area contributed by atoms with E-state index in [0.29, 0.717) is 28.4 Å². The molecule has 2 unspecified atom stereocenters. The molecule has 0 spiro atoms. The Kier molecular flexibility index (Phi) is 8.71. The Morgan fingerprint density at radius 2 is 1.67 bits per heavy atom. The first-order valence-electron chi connectivity index (χ1n) is 13.5. The van der Waals surface area contributed by atoms with Crippen LogP contribution in [0.25, 0.3) is 0 Å². The second-order valence-corrected chi connectivity index (χ2v) is 10.6. The van der Waals surface area contributed by atoms with Crippen LogP contribution in [0.15, 0.2) is 60.9 Å². The van der Waals surface area contributed by atoms with Gasteiger partial charge in [-0.25, -0.2) is 9.97 Å². The van der Waals surface area contributed by atoms with Crippen LogP contribution in [0.3, 0.4) is 0 Å². The number of anilines is 2. The van der Waals surface area contributed by atoms with E-state index in [2.05, 4.69) is 30.4 Å². The molecule has 1 aliphatic carbocycles. The van der Waals surface area contributed by atoms with Gasteiger partial charge in [-0.1, -0.05) is 36.6 Å². The molecule has 2 amide bonds. The Morgan fingerprint density at radius 1 is 0.923 bits per heavy atom. The van der Waals surface area contributed by atoms with Gasteiger partial charge in [0.1, 0.15) is 0 Å². The number of halogens is 1. The molecule has 10 heteroatoms. The van der Waals surface area contributed by atoms with Crippen LogP contribution in [0.5, 0.6) is 0 Å². The minimum absolute atomic E-state index is 0.0380. The highest BCUT2D eigenvalue weighted by Gasteiger charge is 2.25. The van der Waals surface area contributed by atoms with Crippen molar-refractivity contribution in [3.05, 3.63) is 82.6 Å². The number of nitrogens with two attached hydrogens (primary N) is 1. The molecule has 0 bridgehead atoms. The van der Waals surface area contributed by atoms with E-state index in [4.69, 9.17) is 17.3 Å². The molecule has 2 atom stereocenters. The van der Waals surface area contributed by atoms with Crippen molar-refractivity contribution >= 4 is 35.1 Å². The smallest absolute Gasteiger partial charge is 0.255 e. The van der Waals surface area contributed by atoms with Gasteiger partial charge < -0.3 is 21.3 Å². The van der Waals surface area contributed by atoms with Crippen molar-refractivity contribution in [1.29, 1.82) is 0 Å². The molecule has 1 aliphatic heterocycles. The van der Waals surface area contributed by atoms with Gasteiger partial charge in [-0.15, -0.1) is 0 Å². The molecule has 39 heavy (non-hydrogen) atoms. The Balaban J connectivity index is 1.32. The van der Waals surface area contributed by atoms with E-state index in [9.17, 15) is 9.59 Å². The van der Waals surface area contributed by atoms with E-state index in [-0.39, 0.29) is 23.9 Å². The standard InChI is InChI=1S/C29H34ClN7O2/c30-23-6-3-5-20(17-23)27(38)35-26-18-21(28(39)34-25-8-2-1-7-24(25)31)9-10-22(26)19-36-13-15-37(16-14-36)29-32-11-4-12-33-29/h3-6,9-12,17-18,24-25H,1-2,7-8,13-16,19,31H2,(H,34,39)(H,35,38). The topological polar surface area (TPSA) is 116 Å². The number of nitrogens with zero attached hydrogens (tertiary/aromatic N) is 4. The largest absolute Gasteiger partial charge is 0.348 e. The predicted molar refractivity (Wildman–Crippen MR) is 153 cm³/mol. The number of amides is 2. The Labute approximate surface area is 233 Å². The lowest BCUT2D eigenvalue weighted by Gasteiger charge is -2.35. The summed E-state index contributed by atoms with van der Waals surface area (Å²) in [5.74, 6) is 0.273. The summed E-state index contributed by atoms with van der Waals surface area (Å²) in [6.45, 7) is 3.88. The van der Waals surface area contributed by atoms with Crippen molar-refractivity contribution in [2.24, 2.45) is 5.73 Å². The molecule has 5 rings (SSSR count). The van der Waals surface area contributed by atoms with E-state index < -0.39 is 0 Å². The first-order chi connectivity index (χ1) is 19.0. The number of carbonyl (C=O) groups excluding carboxylic acids is 2. The Morgan fingerprint density at radius 3 is 2.41 bits per heavy atom. The zero-order chi connectivity index (χ0) is 27.2. The lowest BCUT2D eigenvalue weighted by molar-refractivity contribution is 0.0920. The zero-order valence-corrected chi connectivity index (χ0v) is 22.6. The summed E-state index contributed by atoms with van der Waals surface area (Å²) in [5, 5.41) is 6.62. The first-order valence-corrected chi connectivity index (χ1v) is 13.8. The van der Waals surface area contributed by atoms with Gasteiger partial charge in [0.2, 0.25) is 5.95 Å². The van der Waals surface area contributed by atoms with Crippen molar-refractivity contribution < 1.29 is 9.59 Å². The van der Waals surface area contributed by atoms with E-state index in [0.717, 1.165) is 63.4 Å². The van der Waals surface area contributed by atoms with Crippen molar-refractivity contribution in [3.63, 3.8) is 0 Å². The number of hydrogen-bond acceptors (Lipinski definition) is 7. The van der Waals surface area contributed by atoms with Crippen LogP contribution >= 0.6 is 11.6 Å². The van der Waals surface area contributed by atoms with E-state index >= 15 is 0 Å². The van der Waals surface area contributed by atoms with E-state index in [1.54, 1.807) is 42.7 Å². The van der Waals surface area contributed by atoms with Gasteiger partial charge in [-0.3, -0.25) is 14.5 Å². The van der Waals surface area contributed by atoms with Gasteiger partial charge in [0.25, 0.3) is 11.8 Å². The zero-order valence-electron chi connectivity index (χ0n) is 21.9. The molecule has 2 aromatic carbocycles. The van der Waals surface area contributed by atoms with Crippen LogP contribution in [-0.4, -0.2) is 64.9 Å². The van der Waals surface area contributed by atoms with Gasteiger partial charge in [-0.2, -0.15) is 0 Å². The van der Waals surface area contributed by atoms with Crippen LogP contribution in [0.1, 0.15) is 52.0 Å². The molecule has 2 aliphatic rings. The molecule has 3 aromatic rings. The Bertz CT molecular complexity index is 1300. The molecular weight excluding hydrogens is 514 g/mol. The molecule has 4 N–H and O–H groups in total. The fourth-order valence-corrected chi connectivity index (χ4v) is 5.38. The van der Waals surface area contributed by atoms with Crippen LogP contribution in [-0.2, 0) is 6.54 Å². The number of benzene rings is 2. The number of carbonyl (C=O) groups is 2. The summed E-state index contributed by atoms with van der Waals surface area (Å²) in [5.41, 5.74) is 8.73. The van der Waals surface area contributed by atoms with Crippen molar-refractivity contribution in [1.82, 2.24) is 20.2 Å². The van der Waals surface area contributed by atoms with Crippen LogP contribution in [0.4, 0.5) is 11.6 Å². The number of piperazine rings is 1. The second-order valence-electron chi connectivity index (χ2n) is 10.2. The molecule has 1 aromatic heterocycles. The summed E-state index contributed by atoms with van der Waals surface area (Å²) in [7, 11) is 0. The SMILES string of the molecule is NC1CCCCC1NC(=O)c1ccc(CN2CCN(c3ncccn3)CC2)c(NC(=O)c2cccc(Cl)c2)c1. The van der Waals surface area contributed by atoms with Crippen LogP contribution in [0, 0.1) is 0 Å². The van der Waals surface area contributed by atoms with Crippen LogP contribution in [0.2, 0.25) is 5.02 Å². The van der Waals surface area contributed by atoms with Gasteiger partial charge >= 0.3 is 0 Å². The monoisotopic (exact) mass is 547 g/mol. The van der Waals surface area contributed by atoms with Crippen LogP contribution < -0.4 is 21.3 Å². The van der Waals surface area contributed by atoms with Crippen molar-refractivity contribution in [2.75, 3.05) is 36.4 Å². The van der Waals surface area contributed by atoms with Gasteiger partial charge in [-0.05, 0) is 54.8 Å². The third-order valence-electron chi connectivity index (χ3n) is 7.44. The highest BCUT2D eigenvalue weighted by Crippen LogP contribution is 2.24. The normalized spacial score (nSPS) is 19.9. The maximum atomic E-state index is 13.2. The fourth-order valence-electron chi connectivity index (χ4n) is 5.19. The van der Waals surface area contributed by atoms with E-state index in [1.165, 1.54) is 0 Å². The summed E-state index contributed by atoms with van der Waals surface area (Å²) < 4.78 is 0. The number of nitrogens with one attached hydrogen (secondary N) is 2. The van der Waals surface area contributed by atoms with Gasteiger partial charge in [0.15, 0.2) is 0 Å². The summed E-state index contributed by atoms with van der Waals surface area (Å²) in [6, 6.07) is 14.1. The number of aromatic nitrogens is 2. The molecular formula is C29H34ClN7O2. The molecule has 1 saturated heterocycles. The maximum absolute atomic E-state index is 13.2. The number of hydrogen-bond donors (Lipinski definition) is 3. The highest BCUT2D eigenvalue weighted by atomic mass is 35.5. The average molecular weight is 548 g/mol. The van der Waals surface area contributed by atoms with E-state index in [1.807, 2.05) is 18.2 Å². The fraction of sp³-hybridized carbons (Fsp3) is 0.379. The molecule has 204 valence electrons. The van der Waals surface area contributed by atoms with Gasteiger partial charge in [0, 0.05) is 79.0 Å². The minimum atomic E-state index is -0.281. The Hall–Kier alpha value is -3.53. The minimum Gasteiger partial charge on any atom is -0.348 e. The number of rotatable bonds is 7.